The fraction of sp³-hybridized carbons (Fsp3) is 0.600. The minimum absolute atomic E-state index is 0.0463. The molecule has 0 aromatic rings. The van der Waals surface area contributed by atoms with Crippen LogP contribution in [-0.4, -0.2) is 23.4 Å². The smallest absolute Gasteiger partial charge is 0.0478 e. The number of hydrogen-bond acceptors (Lipinski definition) is 2. The summed E-state index contributed by atoms with van der Waals surface area (Å²) < 4.78 is 0. The van der Waals surface area contributed by atoms with Crippen molar-refractivity contribution in [2.45, 2.75) is 20.8 Å². The van der Waals surface area contributed by atoms with E-state index in [4.69, 9.17) is 10.2 Å². The van der Waals surface area contributed by atoms with E-state index in [1.165, 1.54) is 0 Å². The van der Waals surface area contributed by atoms with Gasteiger partial charge in [0.1, 0.15) is 0 Å². The molecule has 0 saturated carbocycles. The van der Waals surface area contributed by atoms with Crippen molar-refractivity contribution in [1.82, 2.24) is 0 Å². The van der Waals surface area contributed by atoms with Gasteiger partial charge in [-0.1, -0.05) is 19.1 Å². The molecule has 0 radical (unpaired) electrons. The van der Waals surface area contributed by atoms with Crippen LogP contribution in [0, 0.1) is 5.92 Å². The third-order valence-corrected chi connectivity index (χ3v) is 0.623. The molecule has 0 aromatic heterocycles. The molecule has 0 heterocycles. The Bertz CT molecular complexity index is 69.9. The first-order valence-electron chi connectivity index (χ1n) is 4.00. The maximum absolute atomic E-state index is 8.17. The molecule has 2 nitrogen and oxygen atoms in total. The molecule has 0 aliphatic carbocycles. The van der Waals surface area contributed by atoms with Crippen molar-refractivity contribution in [1.29, 1.82) is 0 Å². The van der Waals surface area contributed by atoms with E-state index in [1.54, 1.807) is 19.1 Å². The van der Waals surface area contributed by atoms with Gasteiger partial charge in [-0.2, -0.15) is 0 Å². The molecule has 0 bridgehead atoms. The zero-order valence-corrected chi connectivity index (χ0v) is 8.45. The topological polar surface area (TPSA) is 40.5 Å². The summed E-state index contributed by atoms with van der Waals surface area (Å²) in [6.45, 7) is 12.4. The Balaban J connectivity index is -0.000000115. The molecular weight excluding hydrogens is 152 g/mol. The Kier molecular flexibility index (Phi) is 32.7. The van der Waals surface area contributed by atoms with Gasteiger partial charge in [-0.3, -0.25) is 0 Å². The minimum atomic E-state index is 0.0463. The second kappa shape index (κ2) is 22.4. The molecule has 0 fully saturated rings. The van der Waals surface area contributed by atoms with Crippen molar-refractivity contribution >= 4 is 0 Å². The maximum atomic E-state index is 8.17. The van der Waals surface area contributed by atoms with Gasteiger partial charge in [0.2, 0.25) is 0 Å². The van der Waals surface area contributed by atoms with E-state index < -0.39 is 0 Å². The number of aliphatic hydroxyl groups is 2. The average Bonchev–Trinajstić information content (AvgIpc) is 2.06. The third-order valence-electron chi connectivity index (χ3n) is 0.623. The molecular formula is C10H22O2. The van der Waals surface area contributed by atoms with Crippen molar-refractivity contribution in [3.8, 4) is 0 Å². The lowest BCUT2D eigenvalue weighted by Gasteiger charge is -1.97. The van der Waals surface area contributed by atoms with E-state index in [2.05, 4.69) is 13.2 Å². The van der Waals surface area contributed by atoms with Gasteiger partial charge in [-0.05, 0) is 13.8 Å². The molecule has 0 aliphatic rings. The Morgan fingerprint density at radius 2 is 1.25 bits per heavy atom. The minimum Gasteiger partial charge on any atom is -0.396 e. The fourth-order valence-corrected chi connectivity index (χ4v) is 0.0577. The molecule has 0 aliphatic heterocycles. The Morgan fingerprint density at radius 1 is 1.08 bits per heavy atom. The predicted octanol–water partition coefficient (Wildman–Crippen LogP) is 1.99. The second-order valence-corrected chi connectivity index (χ2v) is 2.29. The number of aliphatic hydroxyl groups excluding tert-OH is 2. The summed E-state index contributed by atoms with van der Waals surface area (Å²) in [5, 5.41) is 16.3. The highest BCUT2D eigenvalue weighted by Gasteiger charge is 1.91. The summed E-state index contributed by atoms with van der Waals surface area (Å²) in [5.41, 5.74) is 0. The number of allylic oxidation sites excluding steroid dienone is 2. The van der Waals surface area contributed by atoms with Crippen LogP contribution in [0.1, 0.15) is 20.8 Å². The maximum Gasteiger partial charge on any atom is 0.0478 e. The first kappa shape index (κ1) is 17.5. The highest BCUT2D eigenvalue weighted by atomic mass is 16.3. The van der Waals surface area contributed by atoms with Crippen LogP contribution < -0.4 is 0 Å². The molecule has 0 spiro atoms. The monoisotopic (exact) mass is 174 g/mol. The normalized spacial score (nSPS) is 7.17. The zero-order valence-electron chi connectivity index (χ0n) is 8.45. The summed E-state index contributed by atoms with van der Waals surface area (Å²) in [5.74, 6) is 0.0463. The lowest BCUT2D eigenvalue weighted by atomic mass is 10.2. The van der Waals surface area contributed by atoms with E-state index in [-0.39, 0.29) is 19.1 Å². The van der Waals surface area contributed by atoms with E-state index in [0.717, 1.165) is 0 Å². The Hall–Kier alpha value is -0.600. The van der Waals surface area contributed by atoms with Gasteiger partial charge in [-0.25, -0.2) is 0 Å². The molecule has 0 amide bonds. The Morgan fingerprint density at radius 3 is 1.25 bits per heavy atom. The zero-order chi connectivity index (χ0) is 10.4. The van der Waals surface area contributed by atoms with Gasteiger partial charge in [-0.15, -0.1) is 13.2 Å². The average molecular weight is 174 g/mol. The van der Waals surface area contributed by atoms with Crippen molar-refractivity contribution in [3.63, 3.8) is 0 Å². The van der Waals surface area contributed by atoms with Gasteiger partial charge in [0.25, 0.3) is 0 Å². The molecule has 74 valence electrons. The fourth-order valence-electron chi connectivity index (χ4n) is 0.0577. The lowest BCUT2D eigenvalue weighted by Crippen LogP contribution is -2.04. The largest absolute Gasteiger partial charge is 0.396 e. The second-order valence-electron chi connectivity index (χ2n) is 2.29. The Labute approximate surface area is 76.2 Å². The van der Waals surface area contributed by atoms with E-state index in [0.29, 0.717) is 0 Å². The first-order chi connectivity index (χ1) is 5.64. The van der Waals surface area contributed by atoms with Crippen LogP contribution in [0.15, 0.2) is 25.3 Å². The first-order valence-corrected chi connectivity index (χ1v) is 4.00. The van der Waals surface area contributed by atoms with Crippen LogP contribution in [0.3, 0.4) is 0 Å². The van der Waals surface area contributed by atoms with Gasteiger partial charge >= 0.3 is 0 Å². The summed E-state index contributed by atoms with van der Waals surface area (Å²) in [7, 11) is 0. The summed E-state index contributed by atoms with van der Waals surface area (Å²) in [6.07, 6.45) is 3.50. The van der Waals surface area contributed by atoms with E-state index in [9.17, 15) is 0 Å². The van der Waals surface area contributed by atoms with Crippen LogP contribution in [0.2, 0.25) is 0 Å². The summed E-state index contributed by atoms with van der Waals surface area (Å²) >= 11 is 0. The van der Waals surface area contributed by atoms with Gasteiger partial charge in [0.05, 0.1) is 0 Å². The molecule has 0 saturated heterocycles. The molecule has 0 atom stereocenters. The van der Waals surface area contributed by atoms with Crippen LogP contribution in [0.25, 0.3) is 0 Å². The molecule has 0 aromatic carbocycles. The standard InChI is InChI=1S/C4H10O2.2C3H6/c1-4(2-5)3-6;2*1-3-2/h4-6H,2-3H2,1H3;2*3H,1H2,2H3. The van der Waals surface area contributed by atoms with Crippen LogP contribution in [0.4, 0.5) is 0 Å². The lowest BCUT2D eigenvalue weighted by molar-refractivity contribution is 0.162. The van der Waals surface area contributed by atoms with Gasteiger partial charge in [0, 0.05) is 19.1 Å². The predicted molar refractivity (Wildman–Crippen MR) is 55.1 cm³/mol. The third kappa shape index (κ3) is 57.4. The van der Waals surface area contributed by atoms with Crippen molar-refractivity contribution in [2.24, 2.45) is 5.92 Å². The highest BCUT2D eigenvalue weighted by molar-refractivity contribution is 4.52. The molecule has 12 heavy (non-hydrogen) atoms. The summed E-state index contributed by atoms with van der Waals surface area (Å²) in [6, 6.07) is 0. The molecule has 2 heteroatoms. The van der Waals surface area contributed by atoms with Crippen LogP contribution >= 0.6 is 0 Å². The number of hydrogen-bond donors (Lipinski definition) is 2. The van der Waals surface area contributed by atoms with E-state index in [1.807, 2.05) is 13.8 Å². The van der Waals surface area contributed by atoms with Crippen molar-refractivity contribution < 1.29 is 10.2 Å². The molecule has 0 rings (SSSR count). The molecule has 2 N–H and O–H groups in total. The molecule has 0 unspecified atom stereocenters. The van der Waals surface area contributed by atoms with Crippen LogP contribution in [0.5, 0.6) is 0 Å². The van der Waals surface area contributed by atoms with Gasteiger partial charge < -0.3 is 10.2 Å². The van der Waals surface area contributed by atoms with Gasteiger partial charge in [0.15, 0.2) is 0 Å². The van der Waals surface area contributed by atoms with Crippen molar-refractivity contribution in [2.75, 3.05) is 13.2 Å². The van der Waals surface area contributed by atoms with E-state index >= 15 is 0 Å². The quantitative estimate of drug-likeness (QED) is 0.628. The summed E-state index contributed by atoms with van der Waals surface area (Å²) in [4.78, 5) is 0. The number of rotatable bonds is 2. The van der Waals surface area contributed by atoms with Crippen LogP contribution in [-0.2, 0) is 0 Å². The SMILES string of the molecule is C=CC.C=CC.CC(CO)CO. The highest BCUT2D eigenvalue weighted by Crippen LogP contribution is 1.85. The van der Waals surface area contributed by atoms with Crippen molar-refractivity contribution in [3.05, 3.63) is 25.3 Å².